The number of amides is 2. The number of carbonyl (C=O) groups excluding carboxylic acids is 2. The van der Waals surface area contributed by atoms with Gasteiger partial charge in [-0.25, -0.2) is 18.4 Å². The number of hydrogen-bond acceptors (Lipinski definition) is 6. The highest BCUT2D eigenvalue weighted by molar-refractivity contribution is 7.89. The lowest BCUT2D eigenvalue weighted by molar-refractivity contribution is -0.117. The minimum absolute atomic E-state index is 0.0129. The number of sulfonamides is 1. The molecule has 2 saturated heterocycles. The fraction of sp³-hybridized carbons (Fsp3) is 0.706. The predicted molar refractivity (Wildman–Crippen MR) is 102 cm³/mol. The zero-order chi connectivity index (χ0) is 20.7. The molecule has 1 aromatic heterocycles. The maximum atomic E-state index is 12.2. The number of ether oxygens (including phenoxy) is 1. The Morgan fingerprint density at radius 3 is 2.50 bits per heavy atom. The minimum Gasteiger partial charge on any atom is -0.444 e. The number of piperidine rings is 1. The monoisotopic (exact) mass is 413 g/mol. The second kappa shape index (κ2) is 7.36. The van der Waals surface area contributed by atoms with Crippen molar-refractivity contribution in [2.75, 3.05) is 24.5 Å². The number of aromatic amines is 1. The molecule has 0 saturated carbocycles. The number of primary sulfonamides is 1. The van der Waals surface area contributed by atoms with Crippen molar-refractivity contribution >= 4 is 27.8 Å². The number of nitrogens with zero attached hydrogens (tertiary/aromatic N) is 3. The second-order valence-electron chi connectivity index (χ2n) is 8.34. The van der Waals surface area contributed by atoms with E-state index in [0.717, 1.165) is 18.5 Å². The molecular formula is C17H27N5O5S. The lowest BCUT2D eigenvalue weighted by Gasteiger charge is -2.33. The van der Waals surface area contributed by atoms with Crippen molar-refractivity contribution in [2.45, 2.75) is 56.8 Å². The minimum atomic E-state index is -3.77. The molecule has 0 bridgehead atoms. The summed E-state index contributed by atoms with van der Waals surface area (Å²) >= 11 is 0. The number of hydrogen-bond donors (Lipinski definition) is 2. The van der Waals surface area contributed by atoms with Gasteiger partial charge in [0.05, 0.1) is 0 Å². The average Bonchev–Trinajstić information content (AvgIpc) is 3.19. The van der Waals surface area contributed by atoms with Crippen molar-refractivity contribution < 1.29 is 22.7 Å². The average molecular weight is 414 g/mol. The van der Waals surface area contributed by atoms with Gasteiger partial charge in [0, 0.05) is 43.7 Å². The fourth-order valence-corrected chi connectivity index (χ4v) is 4.22. The Balaban J connectivity index is 1.60. The third-order valence-electron chi connectivity index (χ3n) is 5.00. The summed E-state index contributed by atoms with van der Waals surface area (Å²) in [5.74, 6) is 0.268. The normalized spacial score (nSPS) is 22.0. The standard InChI is InChI=1S/C17H27N5O5S/c1-17(2,3)27-16(24)21-6-4-11(5-7-21)13-9-14(20-19-13)22-10-12(8-15(22)23)28(18,25)26/h9,11-12H,4-8,10H2,1-3H3,(H,19,20)(H2,18,25,26). The van der Waals surface area contributed by atoms with Gasteiger partial charge in [0.15, 0.2) is 5.82 Å². The lowest BCUT2D eigenvalue weighted by Crippen LogP contribution is -2.41. The molecule has 0 aliphatic carbocycles. The van der Waals surface area contributed by atoms with Gasteiger partial charge in [-0.05, 0) is 33.6 Å². The molecule has 1 unspecified atom stereocenters. The van der Waals surface area contributed by atoms with E-state index >= 15 is 0 Å². The molecule has 3 heterocycles. The van der Waals surface area contributed by atoms with E-state index < -0.39 is 20.9 Å². The van der Waals surface area contributed by atoms with Gasteiger partial charge in [-0.1, -0.05) is 0 Å². The molecule has 10 nitrogen and oxygen atoms in total. The molecule has 28 heavy (non-hydrogen) atoms. The molecule has 11 heteroatoms. The number of likely N-dealkylation sites (tertiary alicyclic amines) is 1. The molecule has 2 amide bonds. The van der Waals surface area contributed by atoms with Crippen LogP contribution in [0.2, 0.25) is 0 Å². The van der Waals surface area contributed by atoms with Gasteiger partial charge in [0.1, 0.15) is 10.9 Å². The fourth-order valence-electron chi connectivity index (χ4n) is 3.49. The molecule has 3 rings (SSSR count). The van der Waals surface area contributed by atoms with E-state index in [4.69, 9.17) is 9.88 Å². The van der Waals surface area contributed by atoms with Crippen LogP contribution < -0.4 is 10.0 Å². The van der Waals surface area contributed by atoms with E-state index in [2.05, 4.69) is 10.2 Å². The van der Waals surface area contributed by atoms with Crippen LogP contribution in [0.1, 0.15) is 51.6 Å². The highest BCUT2D eigenvalue weighted by Gasteiger charge is 2.38. The summed E-state index contributed by atoms with van der Waals surface area (Å²) < 4.78 is 28.4. The number of carbonyl (C=O) groups is 2. The number of aromatic nitrogens is 2. The molecule has 2 aliphatic rings. The largest absolute Gasteiger partial charge is 0.444 e. The quantitative estimate of drug-likeness (QED) is 0.755. The number of nitrogens with one attached hydrogen (secondary N) is 1. The SMILES string of the molecule is CC(C)(C)OC(=O)N1CCC(c2cc(N3CC(S(N)(=O)=O)CC3=O)n[nH]2)CC1. The maximum absolute atomic E-state index is 12.2. The van der Waals surface area contributed by atoms with Crippen LogP contribution in [0.5, 0.6) is 0 Å². The van der Waals surface area contributed by atoms with Gasteiger partial charge in [0.2, 0.25) is 15.9 Å². The van der Waals surface area contributed by atoms with Gasteiger partial charge >= 0.3 is 6.09 Å². The van der Waals surface area contributed by atoms with Crippen LogP contribution in [0, 0.1) is 0 Å². The molecule has 3 N–H and O–H groups in total. The zero-order valence-corrected chi connectivity index (χ0v) is 17.2. The first-order valence-corrected chi connectivity index (χ1v) is 10.9. The third kappa shape index (κ3) is 4.64. The Hall–Kier alpha value is -2.14. The van der Waals surface area contributed by atoms with Gasteiger partial charge in [0.25, 0.3) is 0 Å². The predicted octanol–water partition coefficient (Wildman–Crippen LogP) is 0.918. The number of anilines is 1. The van der Waals surface area contributed by atoms with Crippen LogP contribution in [-0.2, 0) is 19.6 Å². The van der Waals surface area contributed by atoms with Crippen LogP contribution in [0.15, 0.2) is 6.07 Å². The molecule has 1 aromatic rings. The van der Waals surface area contributed by atoms with Crippen LogP contribution >= 0.6 is 0 Å². The van der Waals surface area contributed by atoms with E-state index in [1.165, 1.54) is 4.90 Å². The van der Waals surface area contributed by atoms with Gasteiger partial charge in [-0.15, -0.1) is 0 Å². The summed E-state index contributed by atoms with van der Waals surface area (Å²) in [5, 5.41) is 11.4. The smallest absolute Gasteiger partial charge is 0.410 e. The van der Waals surface area contributed by atoms with Crippen molar-refractivity contribution in [2.24, 2.45) is 5.14 Å². The van der Waals surface area contributed by atoms with Crippen molar-refractivity contribution in [3.63, 3.8) is 0 Å². The van der Waals surface area contributed by atoms with Crippen molar-refractivity contribution in [1.82, 2.24) is 15.1 Å². The van der Waals surface area contributed by atoms with Crippen LogP contribution in [0.3, 0.4) is 0 Å². The highest BCUT2D eigenvalue weighted by atomic mass is 32.2. The Morgan fingerprint density at radius 1 is 1.32 bits per heavy atom. The van der Waals surface area contributed by atoms with Crippen molar-refractivity contribution in [3.8, 4) is 0 Å². The first kappa shape index (κ1) is 20.6. The Morgan fingerprint density at radius 2 is 1.96 bits per heavy atom. The second-order valence-corrected chi connectivity index (χ2v) is 10.2. The van der Waals surface area contributed by atoms with Crippen molar-refractivity contribution in [1.29, 1.82) is 0 Å². The summed E-state index contributed by atoms with van der Waals surface area (Å²) in [5.41, 5.74) is 0.342. The van der Waals surface area contributed by atoms with E-state index in [1.54, 1.807) is 11.0 Å². The summed E-state index contributed by atoms with van der Waals surface area (Å²) in [7, 11) is -3.77. The molecule has 0 radical (unpaired) electrons. The zero-order valence-electron chi connectivity index (χ0n) is 16.3. The molecular weight excluding hydrogens is 386 g/mol. The Labute approximate surface area is 164 Å². The maximum Gasteiger partial charge on any atom is 0.410 e. The molecule has 2 fully saturated rings. The van der Waals surface area contributed by atoms with Gasteiger partial charge < -0.3 is 9.64 Å². The Kier molecular flexibility index (Phi) is 5.41. The van der Waals surface area contributed by atoms with Gasteiger partial charge in [-0.2, -0.15) is 5.10 Å². The van der Waals surface area contributed by atoms with Gasteiger partial charge in [-0.3, -0.25) is 14.8 Å². The van der Waals surface area contributed by atoms with E-state index in [9.17, 15) is 18.0 Å². The summed E-state index contributed by atoms with van der Waals surface area (Å²) in [6, 6.07) is 1.78. The number of nitrogens with two attached hydrogens (primary N) is 1. The summed E-state index contributed by atoms with van der Waals surface area (Å²) in [6.45, 7) is 6.67. The topological polar surface area (TPSA) is 139 Å². The summed E-state index contributed by atoms with van der Waals surface area (Å²) in [6.07, 6.45) is 1.05. The third-order valence-corrected chi connectivity index (χ3v) is 6.25. The van der Waals surface area contributed by atoms with Crippen molar-refractivity contribution in [3.05, 3.63) is 11.8 Å². The molecule has 1 atom stereocenters. The molecule has 156 valence electrons. The van der Waals surface area contributed by atoms with Crippen LogP contribution in [-0.4, -0.2) is 66.0 Å². The first-order valence-electron chi connectivity index (χ1n) is 9.29. The molecule has 2 aliphatic heterocycles. The van der Waals surface area contributed by atoms with E-state index in [1.807, 2.05) is 20.8 Å². The van der Waals surface area contributed by atoms with Crippen LogP contribution in [0.25, 0.3) is 0 Å². The first-order chi connectivity index (χ1) is 12.9. The van der Waals surface area contributed by atoms with E-state index in [0.29, 0.717) is 18.9 Å². The molecule has 0 aromatic carbocycles. The Bertz CT molecular complexity index is 852. The number of rotatable bonds is 3. The lowest BCUT2D eigenvalue weighted by atomic mass is 9.94. The molecule has 0 spiro atoms. The summed E-state index contributed by atoms with van der Waals surface area (Å²) in [4.78, 5) is 27.4. The van der Waals surface area contributed by atoms with E-state index in [-0.39, 0.29) is 30.9 Å². The highest BCUT2D eigenvalue weighted by Crippen LogP contribution is 2.31. The number of H-pyrrole nitrogens is 1. The van der Waals surface area contributed by atoms with Crippen LogP contribution in [0.4, 0.5) is 10.6 Å².